The molecule has 3 rings (SSSR count). The zero-order chi connectivity index (χ0) is 15.4. The predicted octanol–water partition coefficient (Wildman–Crippen LogP) is 2.73. The maximum absolute atomic E-state index is 5.13. The number of anilines is 1. The summed E-state index contributed by atoms with van der Waals surface area (Å²) in [6.45, 7) is 4.34. The zero-order valence-electron chi connectivity index (χ0n) is 13.1. The van der Waals surface area contributed by atoms with Gasteiger partial charge in [0.2, 0.25) is 11.8 Å². The van der Waals surface area contributed by atoms with Crippen LogP contribution in [0.15, 0.2) is 42.6 Å². The van der Waals surface area contributed by atoms with Gasteiger partial charge in [-0.2, -0.15) is 4.98 Å². The van der Waals surface area contributed by atoms with E-state index in [9.17, 15) is 0 Å². The van der Waals surface area contributed by atoms with Crippen molar-refractivity contribution in [2.24, 2.45) is 0 Å². The molecule has 0 aliphatic carbocycles. The molecule has 2 atom stereocenters. The SMILES string of the molecule is COc1ccnc(NC2CCN(C(C)c3ccccc3)C2)n1. The number of likely N-dealkylation sites (tertiary alicyclic amines) is 1. The molecule has 22 heavy (non-hydrogen) atoms. The summed E-state index contributed by atoms with van der Waals surface area (Å²) in [6.07, 6.45) is 2.81. The molecule has 1 aliphatic heterocycles. The smallest absolute Gasteiger partial charge is 0.226 e. The second-order valence-electron chi connectivity index (χ2n) is 5.63. The first-order chi connectivity index (χ1) is 10.8. The largest absolute Gasteiger partial charge is 0.481 e. The predicted molar refractivity (Wildman–Crippen MR) is 87.0 cm³/mol. The molecule has 1 N–H and O–H groups in total. The van der Waals surface area contributed by atoms with E-state index in [-0.39, 0.29) is 0 Å². The molecule has 0 saturated carbocycles. The van der Waals surface area contributed by atoms with E-state index in [2.05, 4.69) is 57.4 Å². The Labute approximate surface area is 131 Å². The second-order valence-corrected chi connectivity index (χ2v) is 5.63. The Morgan fingerprint density at radius 3 is 2.86 bits per heavy atom. The van der Waals surface area contributed by atoms with Gasteiger partial charge in [-0.15, -0.1) is 0 Å². The molecule has 1 aromatic carbocycles. The van der Waals surface area contributed by atoms with Crippen molar-refractivity contribution in [1.29, 1.82) is 0 Å². The molecule has 1 aliphatic rings. The molecule has 0 bridgehead atoms. The molecule has 2 unspecified atom stereocenters. The van der Waals surface area contributed by atoms with E-state index in [1.54, 1.807) is 19.4 Å². The van der Waals surface area contributed by atoms with Crippen molar-refractivity contribution in [1.82, 2.24) is 14.9 Å². The van der Waals surface area contributed by atoms with E-state index in [1.807, 2.05) is 0 Å². The summed E-state index contributed by atoms with van der Waals surface area (Å²) in [4.78, 5) is 11.1. The lowest BCUT2D eigenvalue weighted by Crippen LogP contribution is -2.29. The monoisotopic (exact) mass is 298 g/mol. The molecule has 5 nitrogen and oxygen atoms in total. The molecule has 2 heterocycles. The van der Waals surface area contributed by atoms with Crippen molar-refractivity contribution in [3.05, 3.63) is 48.2 Å². The lowest BCUT2D eigenvalue weighted by molar-refractivity contribution is 0.261. The van der Waals surface area contributed by atoms with Crippen molar-refractivity contribution in [3.8, 4) is 5.88 Å². The number of nitrogens with zero attached hydrogens (tertiary/aromatic N) is 3. The van der Waals surface area contributed by atoms with Gasteiger partial charge in [-0.1, -0.05) is 30.3 Å². The van der Waals surface area contributed by atoms with Crippen LogP contribution in [0.25, 0.3) is 0 Å². The van der Waals surface area contributed by atoms with Gasteiger partial charge in [0.1, 0.15) is 0 Å². The first kappa shape index (κ1) is 14.8. The fraction of sp³-hybridized carbons (Fsp3) is 0.412. The zero-order valence-corrected chi connectivity index (χ0v) is 13.1. The summed E-state index contributed by atoms with van der Waals surface area (Å²) < 4.78 is 5.13. The topological polar surface area (TPSA) is 50.3 Å². The van der Waals surface area contributed by atoms with Gasteiger partial charge < -0.3 is 10.1 Å². The highest BCUT2D eigenvalue weighted by molar-refractivity contribution is 5.29. The molecule has 116 valence electrons. The van der Waals surface area contributed by atoms with Gasteiger partial charge >= 0.3 is 0 Å². The summed E-state index contributed by atoms with van der Waals surface area (Å²) in [7, 11) is 1.62. The molecular formula is C17H22N4O. The molecule has 1 aromatic heterocycles. The minimum atomic E-state index is 0.373. The molecule has 0 spiro atoms. The molecule has 0 radical (unpaired) electrons. The number of ether oxygens (including phenoxy) is 1. The highest BCUT2D eigenvalue weighted by atomic mass is 16.5. The number of hydrogen-bond donors (Lipinski definition) is 1. The van der Waals surface area contributed by atoms with Crippen LogP contribution in [0.4, 0.5) is 5.95 Å². The quantitative estimate of drug-likeness (QED) is 0.920. The van der Waals surface area contributed by atoms with Gasteiger partial charge in [0.25, 0.3) is 0 Å². The van der Waals surface area contributed by atoms with Crippen LogP contribution in [0, 0.1) is 0 Å². The molecule has 1 fully saturated rings. The maximum Gasteiger partial charge on any atom is 0.226 e. The number of aromatic nitrogens is 2. The van der Waals surface area contributed by atoms with E-state index >= 15 is 0 Å². The summed E-state index contributed by atoms with van der Waals surface area (Å²) in [5.41, 5.74) is 1.36. The Balaban J connectivity index is 1.60. The van der Waals surface area contributed by atoms with Crippen LogP contribution in [0.1, 0.15) is 24.9 Å². The average molecular weight is 298 g/mol. The second kappa shape index (κ2) is 6.75. The molecule has 1 saturated heterocycles. The third kappa shape index (κ3) is 3.36. The van der Waals surface area contributed by atoms with Gasteiger partial charge in [-0.3, -0.25) is 4.90 Å². The Hall–Kier alpha value is -2.14. The summed E-state index contributed by atoms with van der Waals surface area (Å²) in [5, 5.41) is 3.41. The van der Waals surface area contributed by atoms with Crippen LogP contribution >= 0.6 is 0 Å². The van der Waals surface area contributed by atoms with Gasteiger partial charge in [0.05, 0.1) is 7.11 Å². The van der Waals surface area contributed by atoms with E-state index in [0.29, 0.717) is 23.9 Å². The summed E-state index contributed by atoms with van der Waals surface area (Å²) >= 11 is 0. The van der Waals surface area contributed by atoms with Crippen molar-refractivity contribution >= 4 is 5.95 Å². The summed E-state index contributed by atoms with van der Waals surface area (Å²) in [5.74, 6) is 1.23. The van der Waals surface area contributed by atoms with Crippen molar-refractivity contribution in [3.63, 3.8) is 0 Å². The molecular weight excluding hydrogens is 276 g/mol. The first-order valence-corrected chi connectivity index (χ1v) is 7.69. The fourth-order valence-electron chi connectivity index (χ4n) is 2.91. The standard InChI is InChI=1S/C17H22N4O/c1-13(14-6-4-3-5-7-14)21-11-9-15(12-21)19-17-18-10-8-16(20-17)22-2/h3-8,10,13,15H,9,11-12H2,1-2H3,(H,18,19,20). The van der Waals surface area contributed by atoms with Crippen LogP contribution in [0.3, 0.4) is 0 Å². The average Bonchev–Trinajstić information content (AvgIpc) is 3.03. The van der Waals surface area contributed by atoms with Crippen LogP contribution in [0.2, 0.25) is 0 Å². The Kier molecular flexibility index (Phi) is 4.53. The molecule has 5 heteroatoms. The highest BCUT2D eigenvalue weighted by Crippen LogP contribution is 2.25. The van der Waals surface area contributed by atoms with E-state index < -0.39 is 0 Å². The van der Waals surface area contributed by atoms with Crippen LogP contribution in [-0.2, 0) is 0 Å². The van der Waals surface area contributed by atoms with E-state index in [4.69, 9.17) is 4.74 Å². The van der Waals surface area contributed by atoms with Crippen molar-refractivity contribution in [2.75, 3.05) is 25.5 Å². The van der Waals surface area contributed by atoms with Crippen LogP contribution < -0.4 is 10.1 Å². The van der Waals surface area contributed by atoms with E-state index in [1.165, 1.54) is 5.56 Å². The number of methoxy groups -OCH3 is 1. The lowest BCUT2D eigenvalue weighted by atomic mass is 10.1. The summed E-state index contributed by atoms with van der Waals surface area (Å²) in [6, 6.07) is 13.2. The minimum absolute atomic E-state index is 0.373. The Morgan fingerprint density at radius 1 is 1.27 bits per heavy atom. The molecule has 2 aromatic rings. The minimum Gasteiger partial charge on any atom is -0.481 e. The third-order valence-electron chi connectivity index (χ3n) is 4.22. The number of hydrogen-bond acceptors (Lipinski definition) is 5. The van der Waals surface area contributed by atoms with Crippen molar-refractivity contribution < 1.29 is 4.74 Å². The van der Waals surface area contributed by atoms with Crippen LogP contribution in [0.5, 0.6) is 5.88 Å². The van der Waals surface area contributed by atoms with Crippen LogP contribution in [-0.4, -0.2) is 41.1 Å². The Bertz CT molecular complexity index is 605. The van der Waals surface area contributed by atoms with Gasteiger partial charge in [0.15, 0.2) is 0 Å². The Morgan fingerprint density at radius 2 is 2.09 bits per heavy atom. The third-order valence-corrected chi connectivity index (χ3v) is 4.22. The van der Waals surface area contributed by atoms with Gasteiger partial charge in [-0.05, 0) is 18.9 Å². The lowest BCUT2D eigenvalue weighted by Gasteiger charge is -2.24. The fourth-order valence-corrected chi connectivity index (χ4v) is 2.91. The van der Waals surface area contributed by atoms with E-state index in [0.717, 1.165) is 19.5 Å². The normalized spacial score (nSPS) is 19.8. The van der Waals surface area contributed by atoms with Gasteiger partial charge in [-0.25, -0.2) is 4.98 Å². The highest BCUT2D eigenvalue weighted by Gasteiger charge is 2.27. The first-order valence-electron chi connectivity index (χ1n) is 7.69. The number of benzene rings is 1. The van der Waals surface area contributed by atoms with Gasteiger partial charge in [0, 0.05) is 37.4 Å². The maximum atomic E-state index is 5.13. The number of nitrogens with one attached hydrogen (secondary N) is 1. The molecule has 0 amide bonds. The number of rotatable bonds is 5. The van der Waals surface area contributed by atoms with Crippen molar-refractivity contribution in [2.45, 2.75) is 25.4 Å².